The van der Waals surface area contributed by atoms with Crippen LogP contribution in [0.15, 0.2) is 36.4 Å². The number of hydrogen-bond acceptors (Lipinski definition) is 4. The van der Waals surface area contributed by atoms with E-state index in [1.807, 2.05) is 30.3 Å². The SMILES string of the molecule is Nc1cc(Cl)nc(NCc2ccccc2)n1. The van der Waals surface area contributed by atoms with Crippen LogP contribution in [0.5, 0.6) is 0 Å². The highest BCUT2D eigenvalue weighted by Crippen LogP contribution is 2.12. The molecule has 2 rings (SSSR count). The second-order valence-corrected chi connectivity index (χ2v) is 3.67. The number of anilines is 2. The van der Waals surface area contributed by atoms with E-state index in [-0.39, 0.29) is 0 Å². The zero-order valence-electron chi connectivity index (χ0n) is 8.52. The Balaban J connectivity index is 2.05. The molecule has 0 unspecified atom stereocenters. The van der Waals surface area contributed by atoms with Gasteiger partial charge >= 0.3 is 0 Å². The highest BCUT2D eigenvalue weighted by molar-refractivity contribution is 6.29. The van der Waals surface area contributed by atoms with Gasteiger partial charge in [0.25, 0.3) is 0 Å². The van der Waals surface area contributed by atoms with Gasteiger partial charge in [-0.25, -0.2) is 4.98 Å². The third kappa shape index (κ3) is 2.84. The molecule has 2 aromatic rings. The van der Waals surface area contributed by atoms with Crippen LogP contribution < -0.4 is 11.1 Å². The van der Waals surface area contributed by atoms with Crippen molar-refractivity contribution in [3.63, 3.8) is 0 Å². The summed E-state index contributed by atoms with van der Waals surface area (Å²) in [6.07, 6.45) is 0. The number of rotatable bonds is 3. The Morgan fingerprint density at radius 2 is 1.94 bits per heavy atom. The monoisotopic (exact) mass is 234 g/mol. The van der Waals surface area contributed by atoms with Crippen molar-refractivity contribution in [1.29, 1.82) is 0 Å². The van der Waals surface area contributed by atoms with Gasteiger partial charge < -0.3 is 11.1 Å². The lowest BCUT2D eigenvalue weighted by Gasteiger charge is -2.05. The lowest BCUT2D eigenvalue weighted by Crippen LogP contribution is -2.05. The van der Waals surface area contributed by atoms with Gasteiger partial charge in [0.1, 0.15) is 11.0 Å². The number of aromatic nitrogens is 2. The van der Waals surface area contributed by atoms with E-state index < -0.39 is 0 Å². The summed E-state index contributed by atoms with van der Waals surface area (Å²) in [6, 6.07) is 11.5. The fourth-order valence-corrected chi connectivity index (χ4v) is 1.48. The van der Waals surface area contributed by atoms with Crippen LogP contribution >= 0.6 is 11.6 Å². The molecule has 0 aliphatic heterocycles. The first-order valence-corrected chi connectivity index (χ1v) is 5.20. The van der Waals surface area contributed by atoms with Gasteiger partial charge in [0.15, 0.2) is 0 Å². The van der Waals surface area contributed by atoms with Gasteiger partial charge in [0.05, 0.1) is 0 Å². The number of nitrogen functional groups attached to an aromatic ring is 1. The number of hydrogen-bond donors (Lipinski definition) is 2. The van der Waals surface area contributed by atoms with Crippen LogP contribution in [0, 0.1) is 0 Å². The quantitative estimate of drug-likeness (QED) is 0.800. The molecule has 0 spiro atoms. The number of halogens is 1. The lowest BCUT2D eigenvalue weighted by atomic mass is 10.2. The number of nitrogens with zero attached hydrogens (tertiary/aromatic N) is 2. The molecule has 1 aromatic carbocycles. The van der Waals surface area contributed by atoms with Gasteiger partial charge in [-0.2, -0.15) is 4.98 Å². The maximum absolute atomic E-state index is 5.76. The molecule has 82 valence electrons. The van der Waals surface area contributed by atoms with Gasteiger partial charge in [-0.05, 0) is 5.56 Å². The molecule has 3 N–H and O–H groups in total. The summed E-state index contributed by atoms with van der Waals surface area (Å²) in [4.78, 5) is 8.03. The molecule has 0 aliphatic rings. The van der Waals surface area contributed by atoms with Crippen molar-refractivity contribution in [2.75, 3.05) is 11.1 Å². The minimum absolute atomic E-state index is 0.336. The molecule has 0 saturated heterocycles. The van der Waals surface area contributed by atoms with Crippen molar-refractivity contribution in [3.8, 4) is 0 Å². The first-order chi connectivity index (χ1) is 7.74. The Morgan fingerprint density at radius 3 is 2.62 bits per heavy atom. The normalized spacial score (nSPS) is 10.1. The van der Waals surface area contributed by atoms with Crippen LogP contribution in [0.25, 0.3) is 0 Å². The molecule has 4 nitrogen and oxygen atoms in total. The van der Waals surface area contributed by atoms with Crippen LogP contribution in [0.4, 0.5) is 11.8 Å². The topological polar surface area (TPSA) is 63.8 Å². The summed E-state index contributed by atoms with van der Waals surface area (Å²) in [6.45, 7) is 0.640. The summed E-state index contributed by atoms with van der Waals surface area (Å²) in [5, 5.41) is 3.39. The molecule has 16 heavy (non-hydrogen) atoms. The molecule has 5 heteroatoms. The van der Waals surface area contributed by atoms with Crippen LogP contribution in [0.2, 0.25) is 5.15 Å². The average molecular weight is 235 g/mol. The maximum Gasteiger partial charge on any atom is 0.226 e. The number of nitrogens with two attached hydrogens (primary N) is 1. The molecule has 0 bridgehead atoms. The molecule has 0 aliphatic carbocycles. The minimum atomic E-state index is 0.336. The van der Waals surface area contributed by atoms with Crippen molar-refractivity contribution >= 4 is 23.4 Å². The third-order valence-electron chi connectivity index (χ3n) is 2.01. The molecular formula is C11H11ClN4. The van der Waals surface area contributed by atoms with E-state index in [9.17, 15) is 0 Å². The van der Waals surface area contributed by atoms with Crippen molar-refractivity contribution < 1.29 is 0 Å². The molecule has 0 fully saturated rings. The molecule has 0 radical (unpaired) electrons. The van der Waals surface area contributed by atoms with Crippen molar-refractivity contribution in [2.24, 2.45) is 0 Å². The van der Waals surface area contributed by atoms with Crippen LogP contribution in [-0.4, -0.2) is 9.97 Å². The van der Waals surface area contributed by atoms with Gasteiger partial charge in [-0.15, -0.1) is 0 Å². The van der Waals surface area contributed by atoms with E-state index in [0.29, 0.717) is 23.5 Å². The largest absolute Gasteiger partial charge is 0.383 e. The maximum atomic E-state index is 5.76. The molecule has 0 atom stereocenters. The second-order valence-electron chi connectivity index (χ2n) is 3.28. The van der Waals surface area contributed by atoms with E-state index >= 15 is 0 Å². The highest BCUT2D eigenvalue weighted by Gasteiger charge is 2.00. The van der Waals surface area contributed by atoms with Gasteiger partial charge in [-0.1, -0.05) is 41.9 Å². The number of benzene rings is 1. The fraction of sp³-hybridized carbons (Fsp3) is 0.0909. The van der Waals surface area contributed by atoms with Gasteiger partial charge in [-0.3, -0.25) is 0 Å². The Morgan fingerprint density at radius 1 is 1.19 bits per heavy atom. The van der Waals surface area contributed by atoms with E-state index in [1.54, 1.807) is 0 Å². The van der Waals surface area contributed by atoms with Crippen molar-refractivity contribution in [2.45, 2.75) is 6.54 Å². The van der Waals surface area contributed by atoms with E-state index in [2.05, 4.69) is 15.3 Å². The molecular weight excluding hydrogens is 224 g/mol. The smallest absolute Gasteiger partial charge is 0.226 e. The Labute approximate surface area is 98.5 Å². The molecule has 1 heterocycles. The first-order valence-electron chi connectivity index (χ1n) is 4.82. The highest BCUT2D eigenvalue weighted by atomic mass is 35.5. The molecule has 0 amide bonds. The van der Waals surface area contributed by atoms with Gasteiger partial charge in [0, 0.05) is 12.6 Å². The summed E-state index contributed by atoms with van der Waals surface area (Å²) in [5.74, 6) is 0.796. The number of nitrogens with one attached hydrogen (secondary N) is 1. The fourth-order valence-electron chi connectivity index (χ4n) is 1.29. The summed E-state index contributed by atoms with van der Waals surface area (Å²) < 4.78 is 0. The average Bonchev–Trinajstić information content (AvgIpc) is 2.27. The predicted molar refractivity (Wildman–Crippen MR) is 65.2 cm³/mol. The molecule has 0 saturated carbocycles. The van der Waals surface area contributed by atoms with Crippen LogP contribution in [0.1, 0.15) is 5.56 Å². The standard InChI is InChI=1S/C11H11ClN4/c12-9-6-10(13)16-11(15-9)14-7-8-4-2-1-3-5-8/h1-6H,7H2,(H3,13,14,15,16). The Hall–Kier alpha value is -1.81. The summed E-state index contributed by atoms with van der Waals surface area (Å²) >= 11 is 5.76. The second kappa shape index (κ2) is 4.81. The lowest BCUT2D eigenvalue weighted by molar-refractivity contribution is 1.06. The van der Waals surface area contributed by atoms with E-state index in [4.69, 9.17) is 17.3 Å². The minimum Gasteiger partial charge on any atom is -0.383 e. The van der Waals surface area contributed by atoms with E-state index in [0.717, 1.165) is 5.56 Å². The molecule has 1 aromatic heterocycles. The predicted octanol–water partition coefficient (Wildman–Crippen LogP) is 2.32. The zero-order valence-corrected chi connectivity index (χ0v) is 9.28. The Bertz CT molecular complexity index is 452. The van der Waals surface area contributed by atoms with E-state index in [1.165, 1.54) is 6.07 Å². The summed E-state index contributed by atoms with van der Waals surface area (Å²) in [7, 11) is 0. The van der Waals surface area contributed by atoms with Crippen LogP contribution in [0.3, 0.4) is 0 Å². The zero-order chi connectivity index (χ0) is 11.4. The third-order valence-corrected chi connectivity index (χ3v) is 2.20. The van der Waals surface area contributed by atoms with Crippen molar-refractivity contribution in [1.82, 2.24) is 9.97 Å². The Kier molecular flexibility index (Phi) is 3.22. The summed E-state index contributed by atoms with van der Waals surface area (Å²) in [5.41, 5.74) is 6.70. The van der Waals surface area contributed by atoms with Crippen LogP contribution in [-0.2, 0) is 6.54 Å². The first kappa shape index (κ1) is 10.7. The van der Waals surface area contributed by atoms with Gasteiger partial charge in [0.2, 0.25) is 5.95 Å². The van der Waals surface area contributed by atoms with Crippen molar-refractivity contribution in [3.05, 3.63) is 47.1 Å².